The number of hydrogen-bond donors (Lipinski definition) is 1. The molecule has 0 saturated heterocycles. The van der Waals surface area contributed by atoms with Gasteiger partial charge in [-0.15, -0.1) is 23.7 Å². The van der Waals surface area contributed by atoms with Crippen LogP contribution >= 0.6 is 23.7 Å². The highest BCUT2D eigenvalue weighted by Gasteiger charge is 2.27. The number of halogens is 1. The molecule has 0 aromatic carbocycles. The molecule has 0 fully saturated rings. The van der Waals surface area contributed by atoms with Gasteiger partial charge < -0.3 is 10.3 Å². The van der Waals surface area contributed by atoms with Crippen LogP contribution in [0.4, 0.5) is 0 Å². The van der Waals surface area contributed by atoms with Gasteiger partial charge in [0.05, 0.1) is 13.1 Å². The van der Waals surface area contributed by atoms with Crippen LogP contribution < -0.4 is 5.73 Å². The van der Waals surface area contributed by atoms with Crippen molar-refractivity contribution < 1.29 is 4.52 Å². The van der Waals surface area contributed by atoms with Crippen molar-refractivity contribution in [3.8, 4) is 0 Å². The van der Waals surface area contributed by atoms with E-state index < -0.39 is 0 Å². The largest absolute Gasteiger partial charge is 0.338 e. The lowest BCUT2D eigenvalue weighted by Crippen LogP contribution is -2.34. The lowest BCUT2D eigenvalue weighted by molar-refractivity contribution is 0.166. The maximum absolute atomic E-state index is 5.49. The van der Waals surface area contributed by atoms with Gasteiger partial charge in [0.25, 0.3) is 0 Å². The zero-order chi connectivity index (χ0) is 13.2. The molecule has 0 bridgehead atoms. The van der Waals surface area contributed by atoms with Gasteiger partial charge >= 0.3 is 0 Å². The van der Waals surface area contributed by atoms with E-state index in [1.807, 2.05) is 11.3 Å². The summed E-state index contributed by atoms with van der Waals surface area (Å²) in [6.45, 7) is 4.32. The number of nitrogens with zero attached hydrogens (tertiary/aromatic N) is 3. The van der Waals surface area contributed by atoms with Gasteiger partial charge in [0.15, 0.2) is 5.82 Å². The quantitative estimate of drug-likeness (QED) is 0.939. The SMILES string of the molecule is CCC1c2ccsc2CCN1Cc1noc(CN)n1.Cl. The summed E-state index contributed by atoms with van der Waals surface area (Å²) in [6.07, 6.45) is 2.22. The van der Waals surface area contributed by atoms with E-state index in [0.29, 0.717) is 18.5 Å². The molecule has 2 aromatic heterocycles. The van der Waals surface area contributed by atoms with Gasteiger partial charge in [0.1, 0.15) is 0 Å². The van der Waals surface area contributed by atoms with E-state index in [2.05, 4.69) is 33.4 Å². The fourth-order valence-electron chi connectivity index (χ4n) is 2.73. The standard InChI is InChI=1S/C13H18N4OS.ClH/c1-2-10-9-4-6-19-11(9)3-5-17(10)8-12-15-13(7-14)18-16-12;/h4,6,10H,2-3,5,7-8,14H2,1H3;1H. The van der Waals surface area contributed by atoms with Crippen LogP contribution in [0, 0.1) is 0 Å². The van der Waals surface area contributed by atoms with Crippen LogP contribution in [0.1, 0.15) is 41.5 Å². The molecule has 7 heteroatoms. The summed E-state index contributed by atoms with van der Waals surface area (Å²) in [5.41, 5.74) is 6.96. The molecule has 3 rings (SSSR count). The van der Waals surface area contributed by atoms with Crippen LogP contribution in [-0.4, -0.2) is 21.6 Å². The molecule has 1 aliphatic rings. The van der Waals surface area contributed by atoms with E-state index in [-0.39, 0.29) is 12.4 Å². The summed E-state index contributed by atoms with van der Waals surface area (Å²) in [6, 6.07) is 2.72. The predicted molar refractivity (Wildman–Crippen MR) is 80.9 cm³/mol. The fraction of sp³-hybridized carbons (Fsp3) is 0.538. The predicted octanol–water partition coefficient (Wildman–Crippen LogP) is 2.52. The van der Waals surface area contributed by atoms with Crippen molar-refractivity contribution in [2.75, 3.05) is 6.54 Å². The highest BCUT2D eigenvalue weighted by Crippen LogP contribution is 2.35. The smallest absolute Gasteiger partial charge is 0.240 e. The van der Waals surface area contributed by atoms with Crippen molar-refractivity contribution in [2.45, 2.75) is 38.9 Å². The van der Waals surface area contributed by atoms with Crippen LogP contribution in [0.5, 0.6) is 0 Å². The Morgan fingerprint density at radius 2 is 2.40 bits per heavy atom. The van der Waals surface area contributed by atoms with Crippen molar-refractivity contribution in [2.24, 2.45) is 5.73 Å². The van der Waals surface area contributed by atoms with Crippen molar-refractivity contribution in [3.05, 3.63) is 33.6 Å². The second kappa shape index (κ2) is 6.67. The summed E-state index contributed by atoms with van der Waals surface area (Å²) in [7, 11) is 0. The molecule has 1 aliphatic heterocycles. The highest BCUT2D eigenvalue weighted by atomic mass is 35.5. The Morgan fingerprint density at radius 1 is 1.55 bits per heavy atom. The van der Waals surface area contributed by atoms with Crippen LogP contribution in [0.3, 0.4) is 0 Å². The minimum absolute atomic E-state index is 0. The number of fused-ring (bicyclic) bond motifs is 1. The second-order valence-electron chi connectivity index (χ2n) is 4.75. The summed E-state index contributed by atoms with van der Waals surface area (Å²) in [5, 5.41) is 6.18. The first kappa shape index (κ1) is 15.4. The molecule has 110 valence electrons. The Labute approximate surface area is 128 Å². The monoisotopic (exact) mass is 314 g/mol. The van der Waals surface area contributed by atoms with Crippen molar-refractivity contribution >= 4 is 23.7 Å². The molecule has 0 amide bonds. The summed E-state index contributed by atoms with van der Waals surface area (Å²) in [5.74, 6) is 1.24. The third kappa shape index (κ3) is 2.88. The van der Waals surface area contributed by atoms with Crippen LogP contribution in [-0.2, 0) is 19.5 Å². The third-order valence-corrected chi connectivity index (χ3v) is 4.62. The molecule has 3 heterocycles. The Kier molecular flexibility index (Phi) is 5.15. The molecule has 1 atom stereocenters. The van der Waals surface area contributed by atoms with Gasteiger partial charge in [-0.2, -0.15) is 4.98 Å². The molecule has 5 nitrogen and oxygen atoms in total. The fourth-order valence-corrected chi connectivity index (χ4v) is 3.66. The summed E-state index contributed by atoms with van der Waals surface area (Å²) in [4.78, 5) is 8.25. The Morgan fingerprint density at radius 3 is 3.10 bits per heavy atom. The van der Waals surface area contributed by atoms with Crippen molar-refractivity contribution in [3.63, 3.8) is 0 Å². The van der Waals surface area contributed by atoms with E-state index in [1.54, 1.807) is 0 Å². The molecule has 20 heavy (non-hydrogen) atoms. The Hall–Kier alpha value is -0.950. The van der Waals surface area contributed by atoms with Gasteiger partial charge in [0, 0.05) is 17.5 Å². The number of rotatable bonds is 4. The summed E-state index contributed by atoms with van der Waals surface area (Å²) >= 11 is 1.87. The second-order valence-corrected chi connectivity index (χ2v) is 5.75. The van der Waals surface area contributed by atoms with Crippen LogP contribution in [0.25, 0.3) is 0 Å². The van der Waals surface area contributed by atoms with Gasteiger partial charge in [-0.25, -0.2) is 0 Å². The number of aromatic nitrogens is 2. The maximum atomic E-state index is 5.49. The lowest BCUT2D eigenvalue weighted by Gasteiger charge is -2.34. The number of nitrogens with two attached hydrogens (primary N) is 1. The van der Waals surface area contributed by atoms with Crippen LogP contribution in [0.15, 0.2) is 16.0 Å². The molecule has 0 aliphatic carbocycles. The Balaban J connectivity index is 0.00000147. The minimum Gasteiger partial charge on any atom is -0.338 e. The topological polar surface area (TPSA) is 68.2 Å². The molecule has 0 saturated carbocycles. The average Bonchev–Trinajstić information content (AvgIpc) is 3.06. The first-order chi connectivity index (χ1) is 9.31. The van der Waals surface area contributed by atoms with Crippen LogP contribution in [0.2, 0.25) is 0 Å². The van der Waals surface area contributed by atoms with E-state index in [0.717, 1.165) is 31.8 Å². The molecule has 0 spiro atoms. The van der Waals surface area contributed by atoms with Crippen molar-refractivity contribution in [1.82, 2.24) is 15.0 Å². The van der Waals surface area contributed by atoms with E-state index >= 15 is 0 Å². The molecular weight excluding hydrogens is 296 g/mol. The zero-order valence-corrected chi connectivity index (χ0v) is 13.0. The zero-order valence-electron chi connectivity index (χ0n) is 11.4. The Bertz CT molecular complexity index is 556. The molecule has 2 aromatic rings. The lowest BCUT2D eigenvalue weighted by atomic mass is 9.98. The van der Waals surface area contributed by atoms with Gasteiger partial charge in [-0.05, 0) is 29.9 Å². The molecule has 2 N–H and O–H groups in total. The number of hydrogen-bond acceptors (Lipinski definition) is 6. The summed E-state index contributed by atoms with van der Waals surface area (Å²) < 4.78 is 5.07. The first-order valence-corrected chi connectivity index (χ1v) is 7.51. The van der Waals surface area contributed by atoms with E-state index in [4.69, 9.17) is 10.3 Å². The highest BCUT2D eigenvalue weighted by molar-refractivity contribution is 7.10. The molecule has 1 unspecified atom stereocenters. The molecule has 0 radical (unpaired) electrons. The third-order valence-electron chi connectivity index (χ3n) is 3.62. The normalized spacial score (nSPS) is 18.6. The minimum atomic E-state index is 0. The number of thiophene rings is 1. The van der Waals surface area contributed by atoms with E-state index in [9.17, 15) is 0 Å². The first-order valence-electron chi connectivity index (χ1n) is 6.63. The van der Waals surface area contributed by atoms with Crippen molar-refractivity contribution in [1.29, 1.82) is 0 Å². The van der Waals surface area contributed by atoms with Gasteiger partial charge in [-0.1, -0.05) is 12.1 Å². The average molecular weight is 315 g/mol. The molecular formula is C13H19ClN4OS. The maximum Gasteiger partial charge on any atom is 0.240 e. The van der Waals surface area contributed by atoms with Gasteiger partial charge in [0.2, 0.25) is 5.89 Å². The van der Waals surface area contributed by atoms with Gasteiger partial charge in [-0.3, -0.25) is 4.90 Å². The van der Waals surface area contributed by atoms with E-state index in [1.165, 1.54) is 10.4 Å².